The lowest BCUT2D eigenvalue weighted by molar-refractivity contribution is -0.121. The van der Waals surface area contributed by atoms with E-state index >= 15 is 0 Å². The summed E-state index contributed by atoms with van der Waals surface area (Å²) >= 11 is 1.44. The average molecular weight is 264 g/mol. The normalized spacial score (nSPS) is 17.3. The van der Waals surface area contributed by atoms with Gasteiger partial charge in [-0.05, 0) is 25.9 Å². The maximum Gasteiger partial charge on any atom is 0.229 e. The Bertz CT molecular complexity index is 418. The quantitative estimate of drug-likeness (QED) is 0.898. The molecule has 2 rings (SSSR count). The van der Waals surface area contributed by atoms with E-state index in [2.05, 4.69) is 21.3 Å². The van der Waals surface area contributed by atoms with E-state index in [4.69, 9.17) is 5.26 Å². The van der Waals surface area contributed by atoms with Crippen LogP contribution in [-0.2, 0) is 4.79 Å². The number of anilines is 1. The second-order valence-electron chi connectivity index (χ2n) is 4.35. The molecular weight excluding hydrogens is 248 g/mol. The first-order chi connectivity index (χ1) is 8.79. The van der Waals surface area contributed by atoms with Crippen LogP contribution in [0.1, 0.15) is 19.3 Å². The number of piperidine rings is 1. The molecule has 6 heteroatoms. The lowest BCUT2D eigenvalue weighted by Crippen LogP contribution is -2.38. The summed E-state index contributed by atoms with van der Waals surface area (Å²) < 4.78 is 0. The van der Waals surface area contributed by atoms with Gasteiger partial charge >= 0.3 is 0 Å². The lowest BCUT2D eigenvalue weighted by Gasteiger charge is -2.30. The van der Waals surface area contributed by atoms with Crippen LogP contribution in [0, 0.1) is 17.2 Å². The molecule has 1 aromatic heterocycles. The van der Waals surface area contributed by atoms with Crippen molar-refractivity contribution >= 4 is 22.4 Å². The number of thiazole rings is 1. The van der Waals surface area contributed by atoms with Crippen LogP contribution in [0.3, 0.4) is 0 Å². The number of hydrogen-bond acceptors (Lipinski definition) is 5. The number of amides is 1. The molecule has 1 fully saturated rings. The van der Waals surface area contributed by atoms with Gasteiger partial charge in [-0.25, -0.2) is 4.98 Å². The first kappa shape index (κ1) is 13.0. The zero-order valence-electron chi connectivity index (χ0n) is 10.1. The molecule has 0 aliphatic carbocycles. The molecule has 1 N–H and O–H groups in total. The maximum absolute atomic E-state index is 12.0. The monoisotopic (exact) mass is 264 g/mol. The molecule has 5 nitrogen and oxygen atoms in total. The van der Waals surface area contributed by atoms with Crippen LogP contribution < -0.4 is 5.32 Å². The van der Waals surface area contributed by atoms with E-state index in [0.29, 0.717) is 11.6 Å². The third kappa shape index (κ3) is 3.52. The Labute approximate surface area is 110 Å². The molecule has 0 saturated carbocycles. The van der Waals surface area contributed by atoms with E-state index in [1.165, 1.54) is 11.3 Å². The first-order valence-electron chi connectivity index (χ1n) is 6.09. The molecule has 0 atom stereocenters. The van der Waals surface area contributed by atoms with Gasteiger partial charge in [0.1, 0.15) is 0 Å². The van der Waals surface area contributed by atoms with Crippen molar-refractivity contribution in [2.24, 2.45) is 5.92 Å². The predicted octanol–water partition coefficient (Wildman–Crippen LogP) is 1.71. The van der Waals surface area contributed by atoms with Gasteiger partial charge in [-0.3, -0.25) is 4.79 Å². The zero-order valence-corrected chi connectivity index (χ0v) is 10.9. The summed E-state index contributed by atoms with van der Waals surface area (Å²) in [5.41, 5.74) is 0. The topological polar surface area (TPSA) is 69.0 Å². The minimum Gasteiger partial charge on any atom is -0.302 e. The lowest BCUT2D eigenvalue weighted by atomic mass is 9.96. The summed E-state index contributed by atoms with van der Waals surface area (Å²) in [4.78, 5) is 18.3. The second kappa shape index (κ2) is 6.47. The van der Waals surface area contributed by atoms with Gasteiger partial charge in [-0.2, -0.15) is 5.26 Å². The SMILES string of the molecule is N#CCCN1CCC(C(=O)Nc2nccs2)CC1. The molecular formula is C12H16N4OS. The number of nitrogens with zero attached hydrogens (tertiary/aromatic N) is 3. The summed E-state index contributed by atoms with van der Waals surface area (Å²) in [7, 11) is 0. The van der Waals surface area contributed by atoms with Crippen LogP contribution in [-0.4, -0.2) is 35.4 Å². The summed E-state index contributed by atoms with van der Waals surface area (Å²) in [6.45, 7) is 2.62. The minimum absolute atomic E-state index is 0.0740. The number of rotatable bonds is 4. The minimum atomic E-state index is 0.0740. The van der Waals surface area contributed by atoms with Crippen LogP contribution in [0.4, 0.5) is 5.13 Å². The molecule has 1 saturated heterocycles. The third-order valence-corrected chi connectivity index (χ3v) is 3.85. The van der Waals surface area contributed by atoms with Crippen molar-refractivity contribution in [3.63, 3.8) is 0 Å². The Morgan fingerprint density at radius 3 is 3.00 bits per heavy atom. The second-order valence-corrected chi connectivity index (χ2v) is 5.25. The Kier molecular flexibility index (Phi) is 4.67. The van der Waals surface area contributed by atoms with E-state index in [0.717, 1.165) is 32.5 Å². The van der Waals surface area contributed by atoms with Gasteiger partial charge in [-0.1, -0.05) is 0 Å². The molecule has 96 valence electrons. The van der Waals surface area contributed by atoms with Crippen molar-refractivity contribution in [1.82, 2.24) is 9.88 Å². The summed E-state index contributed by atoms with van der Waals surface area (Å²) in [5, 5.41) is 13.9. The number of likely N-dealkylation sites (tertiary alicyclic amines) is 1. The molecule has 0 aromatic carbocycles. The summed E-state index contributed by atoms with van der Waals surface area (Å²) in [5.74, 6) is 0.150. The van der Waals surface area contributed by atoms with Gasteiger partial charge in [0, 0.05) is 30.5 Å². The number of carbonyl (C=O) groups excluding carboxylic acids is 1. The van der Waals surface area contributed by atoms with E-state index < -0.39 is 0 Å². The number of aromatic nitrogens is 1. The smallest absolute Gasteiger partial charge is 0.229 e. The fraction of sp³-hybridized carbons (Fsp3) is 0.583. The number of nitrogens with one attached hydrogen (secondary N) is 1. The molecule has 0 radical (unpaired) electrons. The standard InChI is InChI=1S/C12H16N4OS/c13-4-1-6-16-7-2-10(3-8-16)11(17)15-12-14-5-9-18-12/h5,9-10H,1-3,6-8H2,(H,14,15,17). The molecule has 1 amide bonds. The molecule has 0 unspecified atom stereocenters. The van der Waals surface area contributed by atoms with Crippen molar-refractivity contribution in [2.75, 3.05) is 25.0 Å². The van der Waals surface area contributed by atoms with E-state index in [9.17, 15) is 4.79 Å². The number of nitriles is 1. The highest BCUT2D eigenvalue weighted by Gasteiger charge is 2.25. The summed E-state index contributed by atoms with van der Waals surface area (Å²) in [6.07, 6.45) is 3.98. The Hall–Kier alpha value is -1.45. The van der Waals surface area contributed by atoms with Crippen LogP contribution in [0.2, 0.25) is 0 Å². The number of carbonyl (C=O) groups is 1. The fourth-order valence-electron chi connectivity index (χ4n) is 2.12. The molecule has 1 aliphatic heterocycles. The van der Waals surface area contributed by atoms with Crippen molar-refractivity contribution in [3.05, 3.63) is 11.6 Å². The molecule has 18 heavy (non-hydrogen) atoms. The van der Waals surface area contributed by atoms with Crippen LogP contribution in [0.5, 0.6) is 0 Å². The Morgan fingerprint density at radius 1 is 1.61 bits per heavy atom. The van der Waals surface area contributed by atoms with Crippen LogP contribution >= 0.6 is 11.3 Å². The zero-order chi connectivity index (χ0) is 12.8. The highest BCUT2D eigenvalue weighted by molar-refractivity contribution is 7.13. The maximum atomic E-state index is 12.0. The highest BCUT2D eigenvalue weighted by Crippen LogP contribution is 2.20. The van der Waals surface area contributed by atoms with E-state index in [1.54, 1.807) is 6.20 Å². The van der Waals surface area contributed by atoms with Gasteiger partial charge < -0.3 is 10.2 Å². The van der Waals surface area contributed by atoms with Gasteiger partial charge in [0.05, 0.1) is 6.07 Å². The number of hydrogen-bond donors (Lipinski definition) is 1. The van der Waals surface area contributed by atoms with Gasteiger partial charge in [0.15, 0.2) is 5.13 Å². The van der Waals surface area contributed by atoms with Gasteiger partial charge in [0.2, 0.25) is 5.91 Å². The van der Waals surface area contributed by atoms with Gasteiger partial charge in [-0.15, -0.1) is 11.3 Å². The molecule has 1 aliphatic rings. The fourth-order valence-corrected chi connectivity index (χ4v) is 2.65. The van der Waals surface area contributed by atoms with Crippen LogP contribution in [0.15, 0.2) is 11.6 Å². The molecule has 1 aromatic rings. The largest absolute Gasteiger partial charge is 0.302 e. The van der Waals surface area contributed by atoms with E-state index in [-0.39, 0.29) is 11.8 Å². The molecule has 2 heterocycles. The Balaban J connectivity index is 1.75. The van der Waals surface area contributed by atoms with Crippen LogP contribution in [0.25, 0.3) is 0 Å². The van der Waals surface area contributed by atoms with E-state index in [1.807, 2.05) is 5.38 Å². The van der Waals surface area contributed by atoms with Gasteiger partial charge in [0.25, 0.3) is 0 Å². The third-order valence-electron chi connectivity index (χ3n) is 3.16. The average Bonchev–Trinajstić information content (AvgIpc) is 2.89. The van der Waals surface area contributed by atoms with Crippen molar-refractivity contribution in [2.45, 2.75) is 19.3 Å². The van der Waals surface area contributed by atoms with Crippen molar-refractivity contribution < 1.29 is 4.79 Å². The molecule has 0 spiro atoms. The Morgan fingerprint density at radius 2 is 2.39 bits per heavy atom. The predicted molar refractivity (Wildman–Crippen MR) is 70.1 cm³/mol. The van der Waals surface area contributed by atoms with Crippen molar-refractivity contribution in [1.29, 1.82) is 5.26 Å². The van der Waals surface area contributed by atoms with Crippen molar-refractivity contribution in [3.8, 4) is 6.07 Å². The first-order valence-corrected chi connectivity index (χ1v) is 6.97. The highest BCUT2D eigenvalue weighted by atomic mass is 32.1. The summed E-state index contributed by atoms with van der Waals surface area (Å²) in [6, 6.07) is 2.15. The molecule has 0 bridgehead atoms.